The van der Waals surface area contributed by atoms with Gasteiger partial charge in [-0.25, -0.2) is 0 Å². The van der Waals surface area contributed by atoms with Crippen molar-refractivity contribution in [3.8, 4) is 0 Å². The molecule has 0 spiro atoms. The summed E-state index contributed by atoms with van der Waals surface area (Å²) >= 11 is 0. The van der Waals surface area contributed by atoms with Crippen LogP contribution in [-0.4, -0.2) is 11.2 Å². The summed E-state index contributed by atoms with van der Waals surface area (Å²) in [5.74, 6) is 0.389. The van der Waals surface area contributed by atoms with Crippen molar-refractivity contribution in [3.05, 3.63) is 34.4 Å². The predicted octanol–water partition coefficient (Wildman–Crippen LogP) is 3.95. The van der Waals surface area contributed by atoms with Gasteiger partial charge in [-0.3, -0.25) is 0 Å². The molecular formula is C16H26O. The van der Waals surface area contributed by atoms with Gasteiger partial charge in [0.15, 0.2) is 0 Å². The number of hydrogen-bond donors (Lipinski definition) is 1. The van der Waals surface area contributed by atoms with Gasteiger partial charge in [0.05, 0.1) is 6.10 Å². The molecule has 1 nitrogen and oxygen atoms in total. The van der Waals surface area contributed by atoms with Gasteiger partial charge in [-0.2, -0.15) is 0 Å². The van der Waals surface area contributed by atoms with E-state index in [1.807, 2.05) is 0 Å². The highest BCUT2D eigenvalue weighted by molar-refractivity contribution is 5.37. The summed E-state index contributed by atoms with van der Waals surface area (Å²) in [6.07, 6.45) is 2.82. The van der Waals surface area contributed by atoms with E-state index >= 15 is 0 Å². The molecular weight excluding hydrogens is 208 g/mol. The minimum Gasteiger partial charge on any atom is -0.393 e. The topological polar surface area (TPSA) is 20.2 Å². The van der Waals surface area contributed by atoms with Crippen LogP contribution in [0.4, 0.5) is 0 Å². The van der Waals surface area contributed by atoms with Crippen molar-refractivity contribution in [2.24, 2.45) is 5.92 Å². The number of aryl methyl sites for hydroxylation is 3. The van der Waals surface area contributed by atoms with E-state index in [4.69, 9.17) is 0 Å². The van der Waals surface area contributed by atoms with E-state index in [1.165, 1.54) is 22.3 Å². The molecule has 0 radical (unpaired) electrons. The first-order valence-electron chi connectivity index (χ1n) is 6.70. The smallest absolute Gasteiger partial charge is 0.0606 e. The molecule has 17 heavy (non-hydrogen) atoms. The molecule has 1 N–H and O–H groups in total. The molecule has 0 aliphatic carbocycles. The van der Waals surface area contributed by atoms with Gasteiger partial charge in [0, 0.05) is 0 Å². The third-order valence-electron chi connectivity index (χ3n) is 3.65. The van der Waals surface area contributed by atoms with Crippen molar-refractivity contribution < 1.29 is 5.11 Å². The van der Waals surface area contributed by atoms with Gasteiger partial charge >= 0.3 is 0 Å². The average molecular weight is 234 g/mol. The quantitative estimate of drug-likeness (QED) is 0.818. The highest BCUT2D eigenvalue weighted by Gasteiger charge is 2.16. The SMILES string of the molecule is CCCC(C)C(O)Cc1c(C)cc(C)cc1C. The Morgan fingerprint density at radius 1 is 1.12 bits per heavy atom. The second-order valence-electron chi connectivity index (χ2n) is 5.41. The van der Waals surface area contributed by atoms with Gasteiger partial charge in [0.25, 0.3) is 0 Å². The predicted molar refractivity (Wildman–Crippen MR) is 74.4 cm³/mol. The van der Waals surface area contributed by atoms with E-state index in [-0.39, 0.29) is 6.10 Å². The van der Waals surface area contributed by atoms with E-state index < -0.39 is 0 Å². The fourth-order valence-electron chi connectivity index (χ4n) is 2.59. The van der Waals surface area contributed by atoms with E-state index in [9.17, 15) is 5.11 Å². The van der Waals surface area contributed by atoms with Crippen LogP contribution in [0, 0.1) is 26.7 Å². The molecule has 0 heterocycles. The maximum Gasteiger partial charge on any atom is 0.0606 e. The summed E-state index contributed by atoms with van der Waals surface area (Å²) in [5.41, 5.74) is 5.25. The average Bonchev–Trinajstić information content (AvgIpc) is 2.23. The van der Waals surface area contributed by atoms with Crippen LogP contribution in [0.15, 0.2) is 12.1 Å². The minimum atomic E-state index is -0.213. The third-order valence-corrected chi connectivity index (χ3v) is 3.65. The first-order chi connectivity index (χ1) is 7.95. The molecule has 1 heteroatoms. The Hall–Kier alpha value is -0.820. The molecule has 0 saturated carbocycles. The highest BCUT2D eigenvalue weighted by Crippen LogP contribution is 2.21. The number of hydrogen-bond acceptors (Lipinski definition) is 1. The van der Waals surface area contributed by atoms with E-state index in [2.05, 4.69) is 46.8 Å². The van der Waals surface area contributed by atoms with Gasteiger partial charge in [-0.05, 0) is 56.2 Å². The summed E-state index contributed by atoms with van der Waals surface area (Å²) in [6, 6.07) is 4.42. The number of aliphatic hydroxyl groups excluding tert-OH is 1. The van der Waals surface area contributed by atoms with Gasteiger partial charge in [0.1, 0.15) is 0 Å². The van der Waals surface area contributed by atoms with E-state index in [0.29, 0.717) is 5.92 Å². The van der Waals surface area contributed by atoms with Gasteiger partial charge in [-0.1, -0.05) is 38.0 Å². The molecule has 1 aromatic rings. The Bertz CT molecular complexity index is 345. The first-order valence-corrected chi connectivity index (χ1v) is 6.70. The Balaban J connectivity index is 2.81. The maximum absolute atomic E-state index is 10.2. The zero-order valence-electron chi connectivity index (χ0n) is 11.9. The molecule has 0 bridgehead atoms. The Labute approximate surface area is 106 Å². The van der Waals surface area contributed by atoms with Crippen molar-refractivity contribution >= 4 is 0 Å². The van der Waals surface area contributed by atoms with E-state index in [0.717, 1.165) is 19.3 Å². The Morgan fingerprint density at radius 3 is 2.12 bits per heavy atom. The molecule has 1 aromatic carbocycles. The Morgan fingerprint density at radius 2 is 1.65 bits per heavy atom. The summed E-state index contributed by atoms with van der Waals surface area (Å²) in [5, 5.41) is 10.2. The molecule has 0 fully saturated rings. The zero-order chi connectivity index (χ0) is 13.0. The Kier molecular flexibility index (Phi) is 5.20. The lowest BCUT2D eigenvalue weighted by Gasteiger charge is -2.20. The van der Waals surface area contributed by atoms with Crippen LogP contribution in [0.25, 0.3) is 0 Å². The molecule has 0 saturated heterocycles. The lowest BCUT2D eigenvalue weighted by molar-refractivity contribution is 0.111. The maximum atomic E-state index is 10.2. The summed E-state index contributed by atoms with van der Waals surface area (Å²) in [6.45, 7) is 10.7. The fourth-order valence-corrected chi connectivity index (χ4v) is 2.59. The number of benzene rings is 1. The van der Waals surface area contributed by atoms with Crippen molar-refractivity contribution in [2.75, 3.05) is 0 Å². The molecule has 0 aromatic heterocycles. The monoisotopic (exact) mass is 234 g/mol. The standard InChI is InChI=1S/C16H26O/c1-6-7-12(3)16(17)10-15-13(4)8-11(2)9-14(15)5/h8-9,12,16-17H,6-7,10H2,1-5H3. The van der Waals surface area contributed by atoms with Gasteiger partial charge in [-0.15, -0.1) is 0 Å². The normalized spacial score (nSPS) is 14.7. The highest BCUT2D eigenvalue weighted by atomic mass is 16.3. The minimum absolute atomic E-state index is 0.213. The van der Waals surface area contributed by atoms with Crippen LogP contribution in [0.1, 0.15) is 48.9 Å². The van der Waals surface area contributed by atoms with Crippen LogP contribution in [-0.2, 0) is 6.42 Å². The first kappa shape index (κ1) is 14.2. The van der Waals surface area contributed by atoms with Gasteiger partial charge < -0.3 is 5.11 Å². The second kappa shape index (κ2) is 6.20. The molecule has 1 rings (SSSR count). The zero-order valence-corrected chi connectivity index (χ0v) is 11.9. The van der Waals surface area contributed by atoms with Crippen LogP contribution in [0.5, 0.6) is 0 Å². The fraction of sp³-hybridized carbons (Fsp3) is 0.625. The summed E-state index contributed by atoms with van der Waals surface area (Å²) < 4.78 is 0. The van der Waals surface area contributed by atoms with Crippen molar-refractivity contribution in [1.82, 2.24) is 0 Å². The van der Waals surface area contributed by atoms with Crippen LogP contribution >= 0.6 is 0 Å². The third kappa shape index (κ3) is 3.85. The van der Waals surface area contributed by atoms with Crippen LogP contribution in [0.2, 0.25) is 0 Å². The molecule has 2 atom stereocenters. The molecule has 0 aliphatic heterocycles. The molecule has 0 amide bonds. The second-order valence-corrected chi connectivity index (χ2v) is 5.41. The number of aliphatic hydroxyl groups is 1. The van der Waals surface area contributed by atoms with E-state index in [1.54, 1.807) is 0 Å². The largest absolute Gasteiger partial charge is 0.393 e. The van der Waals surface area contributed by atoms with Crippen molar-refractivity contribution in [2.45, 2.75) is 60.0 Å². The van der Waals surface area contributed by atoms with Gasteiger partial charge in [0.2, 0.25) is 0 Å². The molecule has 0 aliphatic rings. The van der Waals surface area contributed by atoms with Crippen molar-refractivity contribution in [3.63, 3.8) is 0 Å². The molecule has 96 valence electrons. The lowest BCUT2D eigenvalue weighted by atomic mass is 9.89. The summed E-state index contributed by atoms with van der Waals surface area (Å²) in [7, 11) is 0. The molecule has 2 unspecified atom stereocenters. The number of rotatable bonds is 5. The lowest BCUT2D eigenvalue weighted by Crippen LogP contribution is -2.21. The van der Waals surface area contributed by atoms with Crippen LogP contribution < -0.4 is 0 Å². The van der Waals surface area contributed by atoms with Crippen LogP contribution in [0.3, 0.4) is 0 Å². The summed E-state index contributed by atoms with van der Waals surface area (Å²) in [4.78, 5) is 0. The van der Waals surface area contributed by atoms with Crippen molar-refractivity contribution in [1.29, 1.82) is 0 Å².